The molecule has 29 heavy (non-hydrogen) atoms. The summed E-state index contributed by atoms with van der Waals surface area (Å²) in [4.78, 5) is 0. The summed E-state index contributed by atoms with van der Waals surface area (Å²) in [6.45, 7) is 4.62. The van der Waals surface area contributed by atoms with Gasteiger partial charge in [-0.25, -0.2) is 0 Å². The largest absolute Gasteiger partial charge is 0.398 e. The number of rotatable bonds is 3. The van der Waals surface area contributed by atoms with E-state index in [2.05, 4.69) is 105 Å². The van der Waals surface area contributed by atoms with Crippen molar-refractivity contribution in [2.45, 2.75) is 19.8 Å². The van der Waals surface area contributed by atoms with Crippen LogP contribution in [0.5, 0.6) is 0 Å². The molecule has 5 rings (SSSR count). The lowest BCUT2D eigenvalue weighted by molar-refractivity contribution is 0.574. The molecule has 0 heterocycles. The van der Waals surface area contributed by atoms with Gasteiger partial charge in [0.25, 0.3) is 0 Å². The van der Waals surface area contributed by atoms with Gasteiger partial charge in [0, 0.05) is 22.7 Å². The maximum atomic E-state index is 6.92. The Bertz CT molecular complexity index is 1170. The fourth-order valence-electron chi connectivity index (χ4n) is 4.89. The van der Waals surface area contributed by atoms with Crippen molar-refractivity contribution in [1.29, 1.82) is 0 Å². The first-order valence-electron chi connectivity index (χ1n) is 10.3. The van der Waals surface area contributed by atoms with Gasteiger partial charge in [-0.05, 0) is 45.4 Å². The standard InChI is InChI=1S/C28H25N/c1-18(2)25-22-16-10-9-15-21(22)24-17-23(19-11-5-3-6-12-19)28(29)26(27(24)25)20-13-7-4-8-14-20/h3-18,25H,29H2,1-2H3. The van der Waals surface area contributed by atoms with Crippen molar-refractivity contribution in [3.63, 3.8) is 0 Å². The molecule has 0 fully saturated rings. The van der Waals surface area contributed by atoms with E-state index in [4.69, 9.17) is 5.73 Å². The van der Waals surface area contributed by atoms with Crippen molar-refractivity contribution in [2.24, 2.45) is 5.92 Å². The molecule has 0 aliphatic heterocycles. The molecule has 142 valence electrons. The summed E-state index contributed by atoms with van der Waals surface area (Å²) in [5.41, 5.74) is 17.9. The smallest absolute Gasteiger partial charge is 0.0476 e. The maximum Gasteiger partial charge on any atom is 0.0476 e. The molecule has 0 aromatic heterocycles. The van der Waals surface area contributed by atoms with Gasteiger partial charge in [0.1, 0.15) is 0 Å². The summed E-state index contributed by atoms with van der Waals surface area (Å²) in [6.07, 6.45) is 0. The van der Waals surface area contributed by atoms with E-state index in [9.17, 15) is 0 Å². The van der Waals surface area contributed by atoms with Gasteiger partial charge in [0.15, 0.2) is 0 Å². The highest BCUT2D eigenvalue weighted by atomic mass is 14.6. The van der Waals surface area contributed by atoms with Gasteiger partial charge in [-0.2, -0.15) is 0 Å². The number of fused-ring (bicyclic) bond motifs is 3. The second-order valence-electron chi connectivity index (χ2n) is 8.22. The molecular weight excluding hydrogens is 350 g/mol. The Morgan fingerprint density at radius 1 is 0.655 bits per heavy atom. The molecule has 0 saturated heterocycles. The van der Waals surface area contributed by atoms with Crippen molar-refractivity contribution < 1.29 is 0 Å². The minimum Gasteiger partial charge on any atom is -0.398 e. The van der Waals surface area contributed by atoms with Gasteiger partial charge in [-0.3, -0.25) is 0 Å². The van der Waals surface area contributed by atoms with E-state index < -0.39 is 0 Å². The fourth-order valence-corrected chi connectivity index (χ4v) is 4.89. The van der Waals surface area contributed by atoms with E-state index >= 15 is 0 Å². The zero-order valence-corrected chi connectivity index (χ0v) is 16.9. The molecular formula is C28H25N. The Morgan fingerprint density at radius 2 is 1.24 bits per heavy atom. The minimum atomic E-state index is 0.350. The zero-order chi connectivity index (χ0) is 20.0. The van der Waals surface area contributed by atoms with Gasteiger partial charge in [0.05, 0.1) is 0 Å². The van der Waals surface area contributed by atoms with Crippen molar-refractivity contribution >= 4 is 5.69 Å². The Hall–Kier alpha value is -3.32. The van der Waals surface area contributed by atoms with Crippen LogP contribution in [-0.4, -0.2) is 0 Å². The molecule has 1 nitrogen and oxygen atoms in total. The summed E-state index contributed by atoms with van der Waals surface area (Å²) in [5.74, 6) is 0.838. The molecule has 4 aromatic carbocycles. The lowest BCUT2D eigenvalue weighted by atomic mass is 9.81. The maximum absolute atomic E-state index is 6.92. The molecule has 1 atom stereocenters. The topological polar surface area (TPSA) is 26.0 Å². The number of anilines is 1. The first kappa shape index (κ1) is 17.8. The molecule has 0 amide bonds. The van der Waals surface area contributed by atoms with E-state index in [1.807, 2.05) is 0 Å². The fraction of sp³-hybridized carbons (Fsp3) is 0.143. The lowest BCUT2D eigenvalue weighted by Crippen LogP contribution is -2.08. The average Bonchev–Trinajstić information content (AvgIpc) is 3.08. The van der Waals surface area contributed by atoms with Crippen LogP contribution >= 0.6 is 0 Å². The second-order valence-corrected chi connectivity index (χ2v) is 8.22. The number of nitrogen functional groups attached to an aromatic ring is 1. The minimum absolute atomic E-state index is 0.350. The molecule has 2 N–H and O–H groups in total. The van der Waals surface area contributed by atoms with Crippen LogP contribution in [0.4, 0.5) is 5.69 Å². The summed E-state index contributed by atoms with van der Waals surface area (Å²) in [5, 5.41) is 0. The van der Waals surface area contributed by atoms with Gasteiger partial charge in [-0.1, -0.05) is 98.8 Å². The van der Waals surface area contributed by atoms with Crippen LogP contribution in [0.25, 0.3) is 33.4 Å². The van der Waals surface area contributed by atoms with Crippen LogP contribution in [0.3, 0.4) is 0 Å². The van der Waals surface area contributed by atoms with Crippen LogP contribution in [0.15, 0.2) is 91.0 Å². The molecule has 0 spiro atoms. The Kier molecular flexibility index (Phi) is 4.24. The lowest BCUT2D eigenvalue weighted by Gasteiger charge is -2.24. The average molecular weight is 376 g/mol. The van der Waals surface area contributed by atoms with Crippen molar-refractivity contribution in [3.05, 3.63) is 102 Å². The van der Waals surface area contributed by atoms with E-state index in [0.29, 0.717) is 11.8 Å². The third kappa shape index (κ3) is 2.77. The first-order chi connectivity index (χ1) is 14.2. The Labute approximate surface area is 172 Å². The van der Waals surface area contributed by atoms with Gasteiger partial charge < -0.3 is 5.73 Å². The highest BCUT2D eigenvalue weighted by Crippen LogP contribution is 2.55. The predicted octanol–water partition coefficient (Wildman–Crippen LogP) is 7.37. The molecule has 1 heteroatoms. The van der Waals surface area contributed by atoms with Crippen molar-refractivity contribution in [1.82, 2.24) is 0 Å². The van der Waals surface area contributed by atoms with Crippen molar-refractivity contribution in [3.8, 4) is 33.4 Å². The number of hydrogen-bond acceptors (Lipinski definition) is 1. The van der Waals surface area contributed by atoms with Crippen molar-refractivity contribution in [2.75, 3.05) is 5.73 Å². The second kappa shape index (κ2) is 6.93. The molecule has 0 saturated carbocycles. The first-order valence-corrected chi connectivity index (χ1v) is 10.3. The van der Waals surface area contributed by atoms with Crippen LogP contribution in [0.1, 0.15) is 30.9 Å². The Morgan fingerprint density at radius 3 is 1.90 bits per heavy atom. The zero-order valence-electron chi connectivity index (χ0n) is 16.9. The SMILES string of the molecule is CC(C)C1c2ccccc2-c2cc(-c3ccccc3)c(N)c(-c3ccccc3)c21. The summed E-state index contributed by atoms with van der Waals surface area (Å²) in [6, 6.07) is 32.3. The molecule has 4 aromatic rings. The monoisotopic (exact) mass is 375 g/mol. The quantitative estimate of drug-likeness (QED) is 0.372. The van der Waals surface area contributed by atoms with Crippen LogP contribution < -0.4 is 5.73 Å². The molecule has 0 bridgehead atoms. The number of benzene rings is 4. The van der Waals surface area contributed by atoms with E-state index in [0.717, 1.165) is 16.8 Å². The third-order valence-corrected chi connectivity index (χ3v) is 6.12. The summed E-state index contributed by atoms with van der Waals surface area (Å²) in [7, 11) is 0. The van der Waals surface area contributed by atoms with Gasteiger partial charge >= 0.3 is 0 Å². The van der Waals surface area contributed by atoms with Crippen LogP contribution in [0, 0.1) is 5.92 Å². The number of nitrogens with two attached hydrogens (primary N) is 1. The summed E-state index contributed by atoms with van der Waals surface area (Å²) >= 11 is 0. The normalized spacial score (nSPS) is 14.7. The van der Waals surface area contributed by atoms with Crippen LogP contribution in [-0.2, 0) is 0 Å². The molecule has 1 aliphatic rings. The molecule has 0 radical (unpaired) electrons. The van der Waals surface area contributed by atoms with Crippen LogP contribution in [0.2, 0.25) is 0 Å². The third-order valence-electron chi connectivity index (χ3n) is 6.12. The van der Waals surface area contributed by atoms with E-state index in [1.54, 1.807) is 0 Å². The highest BCUT2D eigenvalue weighted by Gasteiger charge is 2.35. The molecule has 1 unspecified atom stereocenters. The molecule has 1 aliphatic carbocycles. The number of hydrogen-bond donors (Lipinski definition) is 1. The van der Waals surface area contributed by atoms with E-state index in [-0.39, 0.29) is 0 Å². The summed E-state index contributed by atoms with van der Waals surface area (Å²) < 4.78 is 0. The van der Waals surface area contributed by atoms with Gasteiger partial charge in [-0.15, -0.1) is 0 Å². The Balaban J connectivity index is 1.90. The van der Waals surface area contributed by atoms with Gasteiger partial charge in [0.2, 0.25) is 0 Å². The highest BCUT2D eigenvalue weighted by molar-refractivity contribution is 5.99. The predicted molar refractivity (Wildman–Crippen MR) is 124 cm³/mol. The van der Waals surface area contributed by atoms with E-state index in [1.165, 1.54) is 33.4 Å².